The van der Waals surface area contributed by atoms with Crippen molar-refractivity contribution in [2.24, 2.45) is 5.41 Å². The molecule has 0 heterocycles. The van der Waals surface area contributed by atoms with Gasteiger partial charge in [0.05, 0.1) is 0 Å². The summed E-state index contributed by atoms with van der Waals surface area (Å²) in [7, 11) is 1.34. The molecule has 1 rings (SSSR count). The molecule has 2 atom stereocenters. The SMILES string of the molecule is CNC(CS(=O)C1CCCC1)C(C)(C)C. The van der Waals surface area contributed by atoms with Gasteiger partial charge in [-0.15, -0.1) is 0 Å². The van der Waals surface area contributed by atoms with Gasteiger partial charge in [-0.3, -0.25) is 4.21 Å². The van der Waals surface area contributed by atoms with Crippen LogP contribution in [0.25, 0.3) is 0 Å². The molecule has 3 heteroatoms. The van der Waals surface area contributed by atoms with E-state index in [1.807, 2.05) is 7.05 Å². The highest BCUT2D eigenvalue weighted by molar-refractivity contribution is 7.85. The van der Waals surface area contributed by atoms with Crippen molar-refractivity contribution in [1.82, 2.24) is 5.32 Å². The Morgan fingerprint density at radius 3 is 2.27 bits per heavy atom. The average Bonchev–Trinajstić information content (AvgIpc) is 2.64. The molecule has 0 aliphatic heterocycles. The van der Waals surface area contributed by atoms with Crippen LogP contribution in [0.15, 0.2) is 0 Å². The van der Waals surface area contributed by atoms with Gasteiger partial charge in [0, 0.05) is 27.8 Å². The highest BCUT2D eigenvalue weighted by atomic mass is 32.2. The molecule has 1 aliphatic carbocycles. The second-order valence-electron chi connectivity index (χ2n) is 5.66. The molecule has 1 fully saturated rings. The van der Waals surface area contributed by atoms with E-state index in [1.54, 1.807) is 0 Å². The van der Waals surface area contributed by atoms with Gasteiger partial charge in [-0.25, -0.2) is 0 Å². The second-order valence-corrected chi connectivity index (χ2v) is 7.42. The fourth-order valence-corrected chi connectivity index (χ4v) is 4.34. The number of rotatable bonds is 4. The van der Waals surface area contributed by atoms with Gasteiger partial charge in [0.25, 0.3) is 0 Å². The van der Waals surface area contributed by atoms with Gasteiger partial charge in [0.2, 0.25) is 0 Å². The van der Waals surface area contributed by atoms with Gasteiger partial charge in [-0.2, -0.15) is 0 Å². The van der Waals surface area contributed by atoms with E-state index in [1.165, 1.54) is 25.7 Å². The molecule has 0 aromatic rings. The third kappa shape index (κ3) is 3.87. The highest BCUT2D eigenvalue weighted by Gasteiger charge is 2.29. The quantitative estimate of drug-likeness (QED) is 0.804. The molecule has 2 nitrogen and oxygen atoms in total. The highest BCUT2D eigenvalue weighted by Crippen LogP contribution is 2.26. The third-order valence-electron chi connectivity index (χ3n) is 3.40. The molecule has 0 amide bonds. The lowest BCUT2D eigenvalue weighted by atomic mass is 9.88. The smallest absolute Gasteiger partial charge is 0.0396 e. The van der Waals surface area contributed by atoms with Crippen LogP contribution in [0.4, 0.5) is 0 Å². The van der Waals surface area contributed by atoms with Crippen molar-refractivity contribution in [3.05, 3.63) is 0 Å². The van der Waals surface area contributed by atoms with Gasteiger partial charge < -0.3 is 5.32 Å². The first-order chi connectivity index (χ1) is 6.95. The monoisotopic (exact) mass is 231 g/mol. The molecule has 1 N–H and O–H groups in total. The zero-order valence-corrected chi connectivity index (χ0v) is 11.3. The van der Waals surface area contributed by atoms with Gasteiger partial charge >= 0.3 is 0 Å². The summed E-state index contributed by atoms with van der Waals surface area (Å²) in [6, 6.07) is 0.360. The van der Waals surface area contributed by atoms with E-state index < -0.39 is 10.8 Å². The minimum atomic E-state index is -0.634. The molecule has 0 radical (unpaired) electrons. The maximum atomic E-state index is 12.1. The first-order valence-corrected chi connectivity index (χ1v) is 7.38. The Kier molecular flexibility index (Phi) is 4.78. The number of hydrogen-bond acceptors (Lipinski definition) is 2. The Morgan fingerprint density at radius 1 is 1.33 bits per heavy atom. The molecular weight excluding hydrogens is 206 g/mol. The van der Waals surface area contributed by atoms with Crippen molar-refractivity contribution in [1.29, 1.82) is 0 Å². The topological polar surface area (TPSA) is 29.1 Å². The summed E-state index contributed by atoms with van der Waals surface area (Å²) in [6.07, 6.45) is 4.90. The van der Waals surface area contributed by atoms with Crippen molar-refractivity contribution in [2.45, 2.75) is 57.7 Å². The zero-order chi connectivity index (χ0) is 11.5. The number of nitrogens with one attached hydrogen (secondary N) is 1. The van der Waals surface area contributed by atoms with E-state index in [-0.39, 0.29) is 5.41 Å². The first-order valence-electron chi connectivity index (χ1n) is 5.99. The maximum Gasteiger partial charge on any atom is 0.0396 e. The standard InChI is InChI=1S/C12H25NOS/c1-12(2,3)11(13-4)9-15(14)10-7-5-6-8-10/h10-11,13H,5-9H2,1-4H3. The van der Waals surface area contributed by atoms with Crippen molar-refractivity contribution >= 4 is 10.8 Å². The lowest BCUT2D eigenvalue weighted by Crippen LogP contribution is -2.43. The van der Waals surface area contributed by atoms with E-state index >= 15 is 0 Å². The summed E-state index contributed by atoms with van der Waals surface area (Å²) >= 11 is 0. The van der Waals surface area contributed by atoms with Crippen molar-refractivity contribution in [3.63, 3.8) is 0 Å². The molecule has 2 unspecified atom stereocenters. The lowest BCUT2D eigenvalue weighted by Gasteiger charge is -2.30. The summed E-state index contributed by atoms with van der Waals surface area (Å²) in [6.45, 7) is 6.63. The number of hydrogen-bond donors (Lipinski definition) is 1. The van der Waals surface area contributed by atoms with Crippen LogP contribution in [0, 0.1) is 5.41 Å². The molecule has 0 saturated heterocycles. The van der Waals surface area contributed by atoms with Crippen LogP contribution in [0.5, 0.6) is 0 Å². The largest absolute Gasteiger partial charge is 0.316 e. The van der Waals surface area contributed by atoms with Gasteiger partial charge in [0.15, 0.2) is 0 Å². The van der Waals surface area contributed by atoms with Crippen LogP contribution in [-0.2, 0) is 10.8 Å². The minimum Gasteiger partial charge on any atom is -0.316 e. The first kappa shape index (κ1) is 13.2. The molecule has 0 spiro atoms. The van der Waals surface area contributed by atoms with E-state index in [4.69, 9.17) is 0 Å². The zero-order valence-electron chi connectivity index (χ0n) is 10.5. The van der Waals surface area contributed by atoms with Crippen molar-refractivity contribution < 1.29 is 4.21 Å². The molecule has 0 aromatic heterocycles. The Labute approximate surface area is 96.7 Å². The lowest BCUT2D eigenvalue weighted by molar-refractivity contribution is 0.304. The van der Waals surface area contributed by atoms with Crippen LogP contribution in [0.3, 0.4) is 0 Å². The molecule has 1 aliphatic rings. The molecule has 90 valence electrons. The second kappa shape index (κ2) is 5.44. The van der Waals surface area contributed by atoms with E-state index in [0.717, 1.165) is 5.75 Å². The normalized spacial score (nSPS) is 22.9. The summed E-state index contributed by atoms with van der Waals surface area (Å²) in [5.74, 6) is 0.810. The predicted molar refractivity (Wildman–Crippen MR) is 67.6 cm³/mol. The molecule has 0 bridgehead atoms. The van der Waals surface area contributed by atoms with E-state index in [0.29, 0.717) is 11.3 Å². The molecular formula is C12H25NOS. The molecule has 15 heavy (non-hydrogen) atoms. The fraction of sp³-hybridized carbons (Fsp3) is 1.00. The average molecular weight is 231 g/mol. The van der Waals surface area contributed by atoms with Crippen LogP contribution >= 0.6 is 0 Å². The van der Waals surface area contributed by atoms with Gasteiger partial charge in [-0.1, -0.05) is 33.6 Å². The van der Waals surface area contributed by atoms with Gasteiger partial charge in [0.1, 0.15) is 0 Å². The van der Waals surface area contributed by atoms with Gasteiger partial charge in [-0.05, 0) is 25.3 Å². The minimum absolute atomic E-state index is 0.197. The van der Waals surface area contributed by atoms with E-state index in [9.17, 15) is 4.21 Å². The van der Waals surface area contributed by atoms with Crippen LogP contribution in [0.1, 0.15) is 46.5 Å². The van der Waals surface area contributed by atoms with Crippen LogP contribution in [0.2, 0.25) is 0 Å². The summed E-state index contributed by atoms with van der Waals surface area (Å²) in [4.78, 5) is 0. The fourth-order valence-electron chi connectivity index (χ4n) is 2.22. The van der Waals surface area contributed by atoms with E-state index in [2.05, 4.69) is 26.1 Å². The predicted octanol–water partition coefficient (Wildman–Crippen LogP) is 2.31. The molecule has 1 saturated carbocycles. The van der Waals surface area contributed by atoms with Crippen LogP contribution in [-0.4, -0.2) is 28.3 Å². The Balaban J connectivity index is 2.47. The summed E-state index contributed by atoms with van der Waals surface area (Å²) in [5, 5.41) is 3.78. The maximum absolute atomic E-state index is 12.1. The van der Waals surface area contributed by atoms with Crippen molar-refractivity contribution in [3.8, 4) is 0 Å². The Morgan fingerprint density at radius 2 is 1.87 bits per heavy atom. The summed E-state index contributed by atoms with van der Waals surface area (Å²) < 4.78 is 12.1. The third-order valence-corrected chi connectivity index (χ3v) is 5.28. The van der Waals surface area contributed by atoms with Crippen LogP contribution < -0.4 is 5.32 Å². The Bertz CT molecular complexity index is 216. The van der Waals surface area contributed by atoms with Crippen molar-refractivity contribution in [2.75, 3.05) is 12.8 Å². The Hall–Kier alpha value is 0.110. The summed E-state index contributed by atoms with van der Waals surface area (Å²) in [5.41, 5.74) is 0.197. The molecule has 0 aromatic carbocycles.